The van der Waals surface area contributed by atoms with Gasteiger partial charge in [-0.2, -0.15) is 0 Å². The predicted octanol–water partition coefficient (Wildman–Crippen LogP) is 1.63. The molecule has 21 heavy (non-hydrogen) atoms. The van der Waals surface area contributed by atoms with Gasteiger partial charge in [0.15, 0.2) is 15.0 Å². The van der Waals surface area contributed by atoms with Crippen molar-refractivity contribution in [1.82, 2.24) is 4.98 Å². The Hall–Kier alpha value is -1.15. The average molecular weight is 332 g/mol. The summed E-state index contributed by atoms with van der Waals surface area (Å²) in [4.78, 5) is 15.7. The lowest BCUT2D eigenvalue weighted by Crippen LogP contribution is -2.34. The van der Waals surface area contributed by atoms with Gasteiger partial charge in [0.1, 0.15) is 0 Å². The minimum Gasteiger partial charge on any atom is -0.466 e. The van der Waals surface area contributed by atoms with Crippen LogP contribution in [0.1, 0.15) is 31.9 Å². The number of ether oxygens (including phenoxy) is 1. The van der Waals surface area contributed by atoms with Crippen LogP contribution in [0.2, 0.25) is 0 Å². The van der Waals surface area contributed by atoms with Crippen LogP contribution in [-0.4, -0.2) is 43.5 Å². The molecule has 1 aliphatic heterocycles. The molecular formula is C13H20N2O4S2. The van der Waals surface area contributed by atoms with E-state index in [2.05, 4.69) is 10.3 Å². The van der Waals surface area contributed by atoms with E-state index in [9.17, 15) is 13.2 Å². The first-order valence-corrected chi connectivity index (χ1v) is 9.75. The zero-order chi connectivity index (χ0) is 15.3. The zero-order valence-corrected chi connectivity index (χ0v) is 13.6. The van der Waals surface area contributed by atoms with E-state index in [0.29, 0.717) is 25.9 Å². The minimum atomic E-state index is -2.92. The fourth-order valence-corrected chi connectivity index (χ4v) is 4.72. The van der Waals surface area contributed by atoms with Crippen molar-refractivity contribution in [1.29, 1.82) is 0 Å². The van der Waals surface area contributed by atoms with Crippen molar-refractivity contribution < 1.29 is 17.9 Å². The molecule has 2 heterocycles. The van der Waals surface area contributed by atoms with Crippen LogP contribution in [0.25, 0.3) is 0 Å². The summed E-state index contributed by atoms with van der Waals surface area (Å²) in [6, 6.07) is -0.0622. The number of nitrogens with one attached hydrogen (secondary N) is 1. The molecule has 1 N–H and O–H groups in total. The number of carbonyl (C=O) groups excluding carboxylic acids is 1. The molecule has 1 unspecified atom stereocenters. The van der Waals surface area contributed by atoms with Gasteiger partial charge in [-0.1, -0.05) is 0 Å². The van der Waals surface area contributed by atoms with Crippen LogP contribution < -0.4 is 5.32 Å². The number of esters is 1. The van der Waals surface area contributed by atoms with E-state index in [1.807, 2.05) is 5.38 Å². The van der Waals surface area contributed by atoms with Crippen molar-refractivity contribution in [3.05, 3.63) is 11.1 Å². The van der Waals surface area contributed by atoms with Gasteiger partial charge in [-0.15, -0.1) is 11.3 Å². The Bertz CT molecular complexity index is 583. The van der Waals surface area contributed by atoms with Gasteiger partial charge in [-0.05, 0) is 19.8 Å². The fraction of sp³-hybridized carbons (Fsp3) is 0.692. The molecule has 1 fully saturated rings. The molecule has 1 aromatic heterocycles. The second-order valence-electron chi connectivity index (χ2n) is 5.05. The Morgan fingerprint density at radius 2 is 2.38 bits per heavy atom. The van der Waals surface area contributed by atoms with Crippen molar-refractivity contribution >= 4 is 32.3 Å². The molecule has 1 atom stereocenters. The maximum atomic E-state index is 11.6. The number of thiazole rings is 1. The van der Waals surface area contributed by atoms with Crippen molar-refractivity contribution in [2.24, 2.45) is 0 Å². The van der Waals surface area contributed by atoms with E-state index in [0.717, 1.165) is 17.2 Å². The van der Waals surface area contributed by atoms with Crippen LogP contribution in [-0.2, 0) is 25.8 Å². The molecule has 6 nitrogen and oxygen atoms in total. The lowest BCUT2D eigenvalue weighted by Gasteiger charge is -2.22. The lowest BCUT2D eigenvalue weighted by atomic mass is 10.2. The van der Waals surface area contributed by atoms with Crippen molar-refractivity contribution in [2.75, 3.05) is 23.4 Å². The summed E-state index contributed by atoms with van der Waals surface area (Å²) in [5.74, 6) is 0.233. The molecule has 8 heteroatoms. The highest BCUT2D eigenvalue weighted by molar-refractivity contribution is 7.91. The third-order valence-electron chi connectivity index (χ3n) is 3.23. The van der Waals surface area contributed by atoms with E-state index in [4.69, 9.17) is 4.74 Å². The van der Waals surface area contributed by atoms with Crippen LogP contribution in [0.3, 0.4) is 0 Å². The van der Waals surface area contributed by atoms with Crippen LogP contribution in [0.15, 0.2) is 5.38 Å². The third kappa shape index (κ3) is 5.28. The maximum Gasteiger partial charge on any atom is 0.306 e. The second kappa shape index (κ2) is 7.22. The molecule has 0 aliphatic carbocycles. The van der Waals surface area contributed by atoms with Crippen molar-refractivity contribution in [3.63, 3.8) is 0 Å². The molecule has 0 amide bonds. The van der Waals surface area contributed by atoms with Gasteiger partial charge in [0.05, 0.1) is 30.2 Å². The lowest BCUT2D eigenvalue weighted by molar-refractivity contribution is -0.143. The van der Waals surface area contributed by atoms with Crippen LogP contribution in [0.5, 0.6) is 0 Å². The Labute approximate surface area is 128 Å². The first-order valence-electron chi connectivity index (χ1n) is 7.05. The molecule has 0 aromatic carbocycles. The largest absolute Gasteiger partial charge is 0.466 e. The Morgan fingerprint density at radius 1 is 1.57 bits per heavy atom. The first-order chi connectivity index (χ1) is 9.98. The summed E-state index contributed by atoms with van der Waals surface area (Å²) in [6.07, 6.45) is 2.40. The Balaban J connectivity index is 1.84. The number of aromatic nitrogens is 1. The Kier molecular flexibility index (Phi) is 5.58. The zero-order valence-electron chi connectivity index (χ0n) is 12.0. The molecule has 2 rings (SSSR count). The van der Waals surface area contributed by atoms with Crippen molar-refractivity contribution in [3.8, 4) is 0 Å². The summed E-state index contributed by atoms with van der Waals surface area (Å²) in [5.41, 5.74) is 0.828. The number of aryl methyl sites for hydroxylation is 1. The highest BCUT2D eigenvalue weighted by Gasteiger charge is 2.25. The first kappa shape index (κ1) is 16.2. The SMILES string of the molecule is CCOC(=O)CCc1csc(NC2CCCS(=O)(=O)C2)n1. The van der Waals surface area contributed by atoms with E-state index in [1.165, 1.54) is 11.3 Å². The maximum absolute atomic E-state index is 11.6. The number of hydrogen-bond acceptors (Lipinski definition) is 7. The molecule has 0 spiro atoms. The highest BCUT2D eigenvalue weighted by atomic mass is 32.2. The average Bonchev–Trinajstić information content (AvgIpc) is 2.83. The summed E-state index contributed by atoms with van der Waals surface area (Å²) in [7, 11) is -2.92. The summed E-state index contributed by atoms with van der Waals surface area (Å²) in [5, 5.41) is 5.79. The number of hydrogen-bond donors (Lipinski definition) is 1. The van der Waals surface area contributed by atoms with Gasteiger partial charge < -0.3 is 10.1 Å². The summed E-state index contributed by atoms with van der Waals surface area (Å²) >= 11 is 1.44. The monoisotopic (exact) mass is 332 g/mol. The quantitative estimate of drug-likeness (QED) is 0.797. The standard InChI is InChI=1S/C13H20N2O4S2/c1-2-19-12(16)6-5-10-8-20-13(14-10)15-11-4-3-7-21(17,18)9-11/h8,11H,2-7,9H2,1H3,(H,14,15). The molecular weight excluding hydrogens is 312 g/mol. The fourth-order valence-electron chi connectivity index (χ4n) is 2.26. The van der Waals surface area contributed by atoms with E-state index in [1.54, 1.807) is 6.92 Å². The van der Waals surface area contributed by atoms with Gasteiger partial charge in [-0.3, -0.25) is 4.79 Å². The third-order valence-corrected chi connectivity index (χ3v) is 5.88. The second-order valence-corrected chi connectivity index (χ2v) is 8.13. The minimum absolute atomic E-state index is 0.0622. The molecule has 1 aliphatic rings. The number of sulfone groups is 1. The van der Waals surface area contributed by atoms with Gasteiger partial charge in [-0.25, -0.2) is 13.4 Å². The molecule has 0 radical (unpaired) electrons. The van der Waals surface area contributed by atoms with E-state index in [-0.39, 0.29) is 23.5 Å². The molecule has 1 aromatic rings. The van der Waals surface area contributed by atoms with Gasteiger partial charge in [0.25, 0.3) is 0 Å². The van der Waals surface area contributed by atoms with Gasteiger partial charge in [0.2, 0.25) is 0 Å². The predicted molar refractivity (Wildman–Crippen MR) is 82.4 cm³/mol. The van der Waals surface area contributed by atoms with Crippen LogP contribution in [0.4, 0.5) is 5.13 Å². The molecule has 0 bridgehead atoms. The topological polar surface area (TPSA) is 85.4 Å². The van der Waals surface area contributed by atoms with Crippen molar-refractivity contribution in [2.45, 2.75) is 38.6 Å². The number of nitrogens with zero attached hydrogens (tertiary/aromatic N) is 1. The Morgan fingerprint density at radius 3 is 3.10 bits per heavy atom. The number of carbonyl (C=O) groups is 1. The van der Waals surface area contributed by atoms with E-state index >= 15 is 0 Å². The number of rotatable bonds is 6. The molecule has 1 saturated heterocycles. The van der Waals surface area contributed by atoms with Gasteiger partial charge in [0, 0.05) is 17.8 Å². The summed E-state index contributed by atoms with van der Waals surface area (Å²) < 4.78 is 28.0. The van der Waals surface area contributed by atoms with Crippen LogP contribution in [0, 0.1) is 0 Å². The molecule has 118 valence electrons. The molecule has 0 saturated carbocycles. The van der Waals surface area contributed by atoms with E-state index < -0.39 is 9.84 Å². The smallest absolute Gasteiger partial charge is 0.306 e. The van der Waals surface area contributed by atoms with Crippen LogP contribution >= 0.6 is 11.3 Å². The highest BCUT2D eigenvalue weighted by Crippen LogP contribution is 2.21. The summed E-state index contributed by atoms with van der Waals surface area (Å²) in [6.45, 7) is 2.17. The normalized spacial score (nSPS) is 20.9. The van der Waals surface area contributed by atoms with Gasteiger partial charge >= 0.3 is 5.97 Å². The number of anilines is 1.